The maximum absolute atomic E-state index is 10.9. The normalized spacial score (nSPS) is 13.7. The Bertz CT molecular complexity index is 447. The van der Waals surface area contributed by atoms with E-state index in [0.717, 1.165) is 0 Å². The predicted molar refractivity (Wildman–Crippen MR) is 63.2 cm³/mol. The zero-order chi connectivity index (χ0) is 12.2. The van der Waals surface area contributed by atoms with Crippen molar-refractivity contribution < 1.29 is 13.5 Å². The first kappa shape index (κ1) is 13.4. The first-order valence-electron chi connectivity index (χ1n) is 4.86. The molecule has 1 aromatic rings. The van der Waals surface area contributed by atoms with Crippen LogP contribution in [0, 0.1) is 0 Å². The largest absolute Gasteiger partial charge is 0.387 e. The maximum Gasteiger partial charge on any atom is 0.147 e. The molecule has 1 unspecified atom stereocenters. The van der Waals surface area contributed by atoms with Crippen molar-refractivity contribution in [1.82, 2.24) is 4.98 Å². The van der Waals surface area contributed by atoms with Gasteiger partial charge in [0.05, 0.1) is 16.8 Å². The molecule has 0 radical (unpaired) electrons. The van der Waals surface area contributed by atoms with Crippen LogP contribution >= 0.6 is 11.6 Å². The molecule has 1 atom stereocenters. The second-order valence-electron chi connectivity index (χ2n) is 3.66. The van der Waals surface area contributed by atoms with Crippen LogP contribution in [0.4, 0.5) is 0 Å². The van der Waals surface area contributed by atoms with Crippen LogP contribution in [0.15, 0.2) is 18.3 Å². The Morgan fingerprint density at radius 1 is 1.56 bits per heavy atom. The average Bonchev–Trinajstić information content (AvgIpc) is 2.16. The standard InChI is InChI=1S/C10H14ClNO3S/c1-16(14,15)7-3-5-9(13)10-8(11)4-2-6-12-10/h2,4,6,9,13H,3,5,7H2,1H3. The van der Waals surface area contributed by atoms with Gasteiger partial charge in [-0.25, -0.2) is 8.42 Å². The Balaban J connectivity index is 2.54. The van der Waals surface area contributed by atoms with Gasteiger partial charge in [-0.2, -0.15) is 0 Å². The number of sulfone groups is 1. The number of nitrogens with zero attached hydrogens (tertiary/aromatic N) is 1. The van der Waals surface area contributed by atoms with Crippen molar-refractivity contribution >= 4 is 21.4 Å². The van der Waals surface area contributed by atoms with Crippen LogP contribution < -0.4 is 0 Å². The van der Waals surface area contributed by atoms with Gasteiger partial charge in [0.2, 0.25) is 0 Å². The lowest BCUT2D eigenvalue weighted by atomic mass is 10.1. The molecule has 0 bridgehead atoms. The minimum absolute atomic E-state index is 0.0640. The summed E-state index contributed by atoms with van der Waals surface area (Å²) >= 11 is 5.85. The van der Waals surface area contributed by atoms with Crippen molar-refractivity contribution in [2.24, 2.45) is 0 Å². The van der Waals surface area contributed by atoms with E-state index in [4.69, 9.17) is 11.6 Å². The molecule has 0 saturated carbocycles. The second-order valence-corrected chi connectivity index (χ2v) is 6.33. The highest BCUT2D eigenvalue weighted by Gasteiger charge is 2.13. The van der Waals surface area contributed by atoms with Crippen LogP contribution in [0.5, 0.6) is 0 Å². The van der Waals surface area contributed by atoms with E-state index < -0.39 is 15.9 Å². The molecular weight excluding hydrogens is 250 g/mol. The molecule has 0 aliphatic rings. The van der Waals surface area contributed by atoms with Gasteiger partial charge in [0.15, 0.2) is 0 Å². The number of aliphatic hydroxyl groups excluding tert-OH is 1. The molecule has 1 N–H and O–H groups in total. The van der Waals surface area contributed by atoms with Crippen molar-refractivity contribution in [3.63, 3.8) is 0 Å². The van der Waals surface area contributed by atoms with Gasteiger partial charge < -0.3 is 5.11 Å². The van der Waals surface area contributed by atoms with E-state index in [2.05, 4.69) is 4.98 Å². The minimum Gasteiger partial charge on any atom is -0.387 e. The highest BCUT2D eigenvalue weighted by molar-refractivity contribution is 7.90. The van der Waals surface area contributed by atoms with Gasteiger partial charge in [-0.1, -0.05) is 11.6 Å². The minimum atomic E-state index is -2.98. The van der Waals surface area contributed by atoms with Crippen LogP contribution in [-0.4, -0.2) is 30.5 Å². The lowest BCUT2D eigenvalue weighted by Crippen LogP contribution is -2.07. The van der Waals surface area contributed by atoms with E-state index in [1.165, 1.54) is 6.26 Å². The van der Waals surface area contributed by atoms with E-state index in [1.54, 1.807) is 18.3 Å². The highest BCUT2D eigenvalue weighted by Crippen LogP contribution is 2.23. The lowest BCUT2D eigenvalue weighted by Gasteiger charge is -2.10. The predicted octanol–water partition coefficient (Wildman–Crippen LogP) is 1.59. The van der Waals surface area contributed by atoms with Crippen LogP contribution in [-0.2, 0) is 9.84 Å². The summed E-state index contributed by atoms with van der Waals surface area (Å²) in [6.07, 6.45) is 2.64. The number of halogens is 1. The first-order chi connectivity index (χ1) is 7.40. The molecule has 90 valence electrons. The molecular formula is C10H14ClNO3S. The van der Waals surface area contributed by atoms with Gasteiger partial charge >= 0.3 is 0 Å². The van der Waals surface area contributed by atoms with Crippen LogP contribution in [0.3, 0.4) is 0 Å². The monoisotopic (exact) mass is 263 g/mol. The van der Waals surface area contributed by atoms with Crippen LogP contribution in [0.2, 0.25) is 5.02 Å². The lowest BCUT2D eigenvalue weighted by molar-refractivity contribution is 0.162. The summed E-state index contributed by atoms with van der Waals surface area (Å²) in [7, 11) is -2.98. The van der Waals surface area contributed by atoms with Gasteiger partial charge in [0.25, 0.3) is 0 Å². The number of hydrogen-bond acceptors (Lipinski definition) is 4. The molecule has 16 heavy (non-hydrogen) atoms. The summed E-state index contributed by atoms with van der Waals surface area (Å²) in [5.74, 6) is 0.0640. The quantitative estimate of drug-likeness (QED) is 0.876. The summed E-state index contributed by atoms with van der Waals surface area (Å²) in [6.45, 7) is 0. The zero-order valence-electron chi connectivity index (χ0n) is 8.93. The molecule has 1 aromatic heterocycles. The van der Waals surface area contributed by atoms with E-state index in [0.29, 0.717) is 23.6 Å². The highest BCUT2D eigenvalue weighted by atomic mass is 35.5. The van der Waals surface area contributed by atoms with Crippen molar-refractivity contribution in [1.29, 1.82) is 0 Å². The molecule has 6 heteroatoms. The smallest absolute Gasteiger partial charge is 0.147 e. The van der Waals surface area contributed by atoms with Gasteiger partial charge in [-0.05, 0) is 25.0 Å². The molecule has 1 heterocycles. The number of aromatic nitrogens is 1. The van der Waals surface area contributed by atoms with E-state index in [9.17, 15) is 13.5 Å². The summed E-state index contributed by atoms with van der Waals surface area (Å²) in [6, 6.07) is 3.32. The Labute approximate surface area is 100 Å². The summed E-state index contributed by atoms with van der Waals surface area (Å²) < 4.78 is 21.8. The first-order valence-corrected chi connectivity index (χ1v) is 7.30. The zero-order valence-corrected chi connectivity index (χ0v) is 10.5. The Morgan fingerprint density at radius 3 is 2.81 bits per heavy atom. The van der Waals surface area contributed by atoms with Crippen molar-refractivity contribution in [3.05, 3.63) is 29.0 Å². The van der Waals surface area contributed by atoms with Crippen LogP contribution in [0.1, 0.15) is 24.6 Å². The summed E-state index contributed by atoms with van der Waals surface area (Å²) in [5.41, 5.74) is 0.401. The summed E-state index contributed by atoms with van der Waals surface area (Å²) in [5, 5.41) is 10.2. The van der Waals surface area contributed by atoms with Gasteiger partial charge in [0.1, 0.15) is 9.84 Å². The van der Waals surface area contributed by atoms with E-state index >= 15 is 0 Å². The topological polar surface area (TPSA) is 67.3 Å². The number of rotatable bonds is 5. The third-order valence-electron chi connectivity index (χ3n) is 2.10. The number of hydrogen-bond donors (Lipinski definition) is 1. The molecule has 1 rings (SSSR count). The fourth-order valence-electron chi connectivity index (χ4n) is 1.32. The number of aliphatic hydroxyl groups is 1. The molecule has 0 spiro atoms. The van der Waals surface area contributed by atoms with Gasteiger partial charge in [0, 0.05) is 18.2 Å². The number of pyridine rings is 1. The molecule has 0 aliphatic heterocycles. The average molecular weight is 264 g/mol. The van der Waals surface area contributed by atoms with Gasteiger partial charge in [-0.15, -0.1) is 0 Å². The Morgan fingerprint density at radius 2 is 2.25 bits per heavy atom. The van der Waals surface area contributed by atoms with Crippen LogP contribution in [0.25, 0.3) is 0 Å². The molecule has 0 aliphatic carbocycles. The maximum atomic E-state index is 10.9. The third kappa shape index (κ3) is 4.47. The second kappa shape index (κ2) is 5.61. The Hall–Kier alpha value is -0.650. The van der Waals surface area contributed by atoms with E-state index in [1.807, 2.05) is 0 Å². The Kier molecular flexibility index (Phi) is 4.70. The molecule has 0 fully saturated rings. The van der Waals surface area contributed by atoms with Crippen molar-refractivity contribution in [2.75, 3.05) is 12.0 Å². The molecule has 0 saturated heterocycles. The van der Waals surface area contributed by atoms with Crippen molar-refractivity contribution in [3.8, 4) is 0 Å². The fraction of sp³-hybridized carbons (Fsp3) is 0.500. The molecule has 0 amide bonds. The summed E-state index contributed by atoms with van der Waals surface area (Å²) in [4.78, 5) is 3.96. The van der Waals surface area contributed by atoms with E-state index in [-0.39, 0.29) is 5.75 Å². The SMILES string of the molecule is CS(=O)(=O)CCCC(O)c1ncccc1Cl. The third-order valence-corrected chi connectivity index (χ3v) is 3.45. The van der Waals surface area contributed by atoms with Crippen molar-refractivity contribution in [2.45, 2.75) is 18.9 Å². The van der Waals surface area contributed by atoms with Gasteiger partial charge in [-0.3, -0.25) is 4.98 Å². The molecule has 0 aromatic carbocycles. The molecule has 4 nitrogen and oxygen atoms in total. The fourth-order valence-corrected chi connectivity index (χ4v) is 2.26.